The summed E-state index contributed by atoms with van der Waals surface area (Å²) in [6.07, 6.45) is -3.21. The first kappa shape index (κ1) is 16.2. The van der Waals surface area contributed by atoms with Crippen LogP contribution >= 0.6 is 0 Å². The molecule has 0 saturated carbocycles. The molecule has 5 nitrogen and oxygen atoms in total. The molecule has 0 unspecified atom stereocenters. The molecule has 8 heteroatoms. The van der Waals surface area contributed by atoms with E-state index in [0.29, 0.717) is 5.82 Å². The van der Waals surface area contributed by atoms with E-state index >= 15 is 0 Å². The zero-order valence-electron chi connectivity index (χ0n) is 13.4. The maximum Gasteiger partial charge on any atom is 0.449 e. The van der Waals surface area contributed by atoms with E-state index in [-0.39, 0.29) is 16.7 Å². The number of nitrogens with one attached hydrogen (secondary N) is 2. The van der Waals surface area contributed by atoms with E-state index in [0.717, 1.165) is 5.69 Å². The Kier molecular flexibility index (Phi) is 3.70. The lowest BCUT2D eigenvalue weighted by Crippen LogP contribution is -2.10. The van der Waals surface area contributed by atoms with Crippen LogP contribution in [0.4, 0.5) is 24.7 Å². The summed E-state index contributed by atoms with van der Waals surface area (Å²) in [5, 5.41) is 3.02. The van der Waals surface area contributed by atoms with Gasteiger partial charge in [-0.05, 0) is 23.1 Å². The van der Waals surface area contributed by atoms with Crippen molar-refractivity contribution in [1.29, 1.82) is 0 Å². The number of rotatable bonds is 2. The minimum Gasteiger partial charge on any atom is -0.339 e. The lowest BCUT2D eigenvalue weighted by Gasteiger charge is -2.19. The normalized spacial score (nSPS) is 12.6. The van der Waals surface area contributed by atoms with Crippen LogP contribution in [0.25, 0.3) is 11.3 Å². The molecule has 3 aromatic rings. The van der Waals surface area contributed by atoms with Gasteiger partial charge in [-0.1, -0.05) is 32.9 Å². The van der Waals surface area contributed by atoms with Crippen molar-refractivity contribution in [2.45, 2.75) is 32.4 Å². The Morgan fingerprint density at radius 1 is 1.00 bits per heavy atom. The molecule has 0 aliphatic rings. The predicted octanol–water partition coefficient (Wildman–Crippen LogP) is 4.41. The molecule has 24 heavy (non-hydrogen) atoms. The molecule has 0 fully saturated rings. The fourth-order valence-electron chi connectivity index (χ4n) is 2.19. The summed E-state index contributed by atoms with van der Waals surface area (Å²) in [7, 11) is 0. The van der Waals surface area contributed by atoms with Crippen molar-refractivity contribution in [3.05, 3.63) is 41.9 Å². The molecule has 0 spiro atoms. The lowest BCUT2D eigenvalue weighted by molar-refractivity contribution is -0.144. The minimum absolute atomic E-state index is 0.0152. The van der Waals surface area contributed by atoms with Gasteiger partial charge in [0.2, 0.25) is 5.82 Å². The highest BCUT2D eigenvalue weighted by atomic mass is 19.4. The van der Waals surface area contributed by atoms with Crippen LogP contribution in [0.2, 0.25) is 0 Å². The molecule has 2 heterocycles. The van der Waals surface area contributed by atoms with Crippen LogP contribution in [-0.2, 0) is 11.6 Å². The average Bonchev–Trinajstić information content (AvgIpc) is 2.90. The summed E-state index contributed by atoms with van der Waals surface area (Å²) in [6, 6.07) is 7.76. The molecule has 126 valence electrons. The van der Waals surface area contributed by atoms with Gasteiger partial charge in [0.15, 0.2) is 17.1 Å². The van der Waals surface area contributed by atoms with Gasteiger partial charge in [0, 0.05) is 5.69 Å². The summed E-state index contributed by atoms with van der Waals surface area (Å²) in [5.74, 6) is -0.771. The van der Waals surface area contributed by atoms with Gasteiger partial charge in [0.05, 0.1) is 6.20 Å². The number of anilines is 2. The summed E-state index contributed by atoms with van der Waals surface area (Å²) in [6.45, 7) is 6.35. The SMILES string of the molecule is CC(C)(C)c1ccc(Nc2cnc3nc(C(F)(F)F)[nH]c3n2)cc1. The smallest absolute Gasteiger partial charge is 0.339 e. The molecule has 0 bridgehead atoms. The number of H-pyrrole nitrogens is 1. The highest BCUT2D eigenvalue weighted by Crippen LogP contribution is 2.28. The second kappa shape index (κ2) is 5.47. The highest BCUT2D eigenvalue weighted by Gasteiger charge is 2.35. The van der Waals surface area contributed by atoms with E-state index < -0.39 is 12.0 Å². The van der Waals surface area contributed by atoms with Crippen molar-refractivity contribution in [2.24, 2.45) is 0 Å². The third-order valence-electron chi connectivity index (χ3n) is 3.50. The van der Waals surface area contributed by atoms with Crippen molar-refractivity contribution in [3.8, 4) is 0 Å². The van der Waals surface area contributed by atoms with E-state index in [9.17, 15) is 13.2 Å². The van der Waals surface area contributed by atoms with Crippen LogP contribution in [0.15, 0.2) is 30.5 Å². The van der Waals surface area contributed by atoms with Gasteiger partial charge in [-0.25, -0.2) is 15.0 Å². The predicted molar refractivity (Wildman–Crippen MR) is 85.1 cm³/mol. The Labute approximate surface area is 136 Å². The highest BCUT2D eigenvalue weighted by molar-refractivity contribution is 5.69. The molecule has 0 atom stereocenters. The molecule has 2 N–H and O–H groups in total. The largest absolute Gasteiger partial charge is 0.449 e. The second-order valence-electron chi connectivity index (χ2n) is 6.46. The number of imidazole rings is 1. The number of hydrogen-bond acceptors (Lipinski definition) is 4. The van der Waals surface area contributed by atoms with Crippen molar-refractivity contribution in [2.75, 3.05) is 5.32 Å². The zero-order valence-corrected chi connectivity index (χ0v) is 13.4. The van der Waals surface area contributed by atoms with Crippen LogP contribution in [0, 0.1) is 0 Å². The number of alkyl halides is 3. The average molecular weight is 335 g/mol. The van der Waals surface area contributed by atoms with Gasteiger partial charge < -0.3 is 10.3 Å². The maximum absolute atomic E-state index is 12.6. The Morgan fingerprint density at radius 3 is 2.25 bits per heavy atom. The zero-order chi connectivity index (χ0) is 17.5. The van der Waals surface area contributed by atoms with Crippen molar-refractivity contribution in [1.82, 2.24) is 19.9 Å². The molecule has 2 aromatic heterocycles. The van der Waals surface area contributed by atoms with Gasteiger partial charge in [-0.2, -0.15) is 13.2 Å². The summed E-state index contributed by atoms with van der Waals surface area (Å²) in [5.41, 5.74) is 1.90. The van der Waals surface area contributed by atoms with Crippen molar-refractivity contribution >= 4 is 22.8 Å². The number of aromatic nitrogens is 4. The first-order valence-electron chi connectivity index (χ1n) is 7.30. The summed E-state index contributed by atoms with van der Waals surface area (Å²) >= 11 is 0. The van der Waals surface area contributed by atoms with Crippen LogP contribution < -0.4 is 5.32 Å². The number of aromatic amines is 1. The van der Waals surface area contributed by atoms with Crippen LogP contribution in [0.3, 0.4) is 0 Å². The van der Waals surface area contributed by atoms with E-state index in [2.05, 4.69) is 46.0 Å². The van der Waals surface area contributed by atoms with Gasteiger partial charge in [0.1, 0.15) is 0 Å². The fraction of sp³-hybridized carbons (Fsp3) is 0.312. The van der Waals surface area contributed by atoms with Crippen LogP contribution in [-0.4, -0.2) is 19.9 Å². The minimum atomic E-state index is -4.56. The molecule has 0 amide bonds. The molecule has 0 radical (unpaired) electrons. The van der Waals surface area contributed by atoms with E-state index in [1.54, 1.807) is 0 Å². The summed E-state index contributed by atoms with van der Waals surface area (Å²) < 4.78 is 37.9. The van der Waals surface area contributed by atoms with E-state index in [4.69, 9.17) is 0 Å². The van der Waals surface area contributed by atoms with E-state index in [1.807, 2.05) is 24.3 Å². The first-order chi connectivity index (χ1) is 11.1. The number of benzene rings is 1. The van der Waals surface area contributed by atoms with Crippen LogP contribution in [0.5, 0.6) is 0 Å². The van der Waals surface area contributed by atoms with Gasteiger partial charge in [-0.15, -0.1) is 0 Å². The Hall–Kier alpha value is -2.64. The van der Waals surface area contributed by atoms with Crippen LogP contribution in [0.1, 0.15) is 32.2 Å². The third-order valence-corrected chi connectivity index (χ3v) is 3.50. The van der Waals surface area contributed by atoms with Crippen molar-refractivity contribution < 1.29 is 13.2 Å². The quantitative estimate of drug-likeness (QED) is 0.728. The topological polar surface area (TPSA) is 66.5 Å². The molecular weight excluding hydrogens is 319 g/mol. The van der Waals surface area contributed by atoms with Gasteiger partial charge in [-0.3, -0.25) is 0 Å². The molecule has 1 aromatic carbocycles. The first-order valence-corrected chi connectivity index (χ1v) is 7.30. The van der Waals surface area contributed by atoms with Crippen molar-refractivity contribution in [3.63, 3.8) is 0 Å². The molecule has 0 aliphatic carbocycles. The van der Waals surface area contributed by atoms with E-state index in [1.165, 1.54) is 11.8 Å². The Balaban J connectivity index is 1.85. The molecule has 3 rings (SSSR count). The Bertz CT molecular complexity index is 860. The molecular formula is C16H16F3N5. The maximum atomic E-state index is 12.6. The molecule has 0 aliphatic heterocycles. The third kappa shape index (κ3) is 3.32. The number of hydrogen-bond donors (Lipinski definition) is 2. The van der Waals surface area contributed by atoms with Gasteiger partial charge in [0.25, 0.3) is 0 Å². The number of halogens is 3. The Morgan fingerprint density at radius 2 is 1.67 bits per heavy atom. The fourth-order valence-corrected chi connectivity index (χ4v) is 2.19. The lowest BCUT2D eigenvalue weighted by atomic mass is 9.87. The van der Waals surface area contributed by atoms with Gasteiger partial charge >= 0.3 is 6.18 Å². The standard InChI is InChI=1S/C16H16F3N5/c1-15(2,3)9-4-6-10(7-5-9)21-11-8-20-12-13(22-11)24-14(23-12)16(17,18)19/h4-8H,1-3H3,(H2,20,21,22,23,24). The molecule has 0 saturated heterocycles. The number of nitrogens with zero attached hydrogens (tertiary/aromatic N) is 3. The summed E-state index contributed by atoms with van der Waals surface area (Å²) in [4.78, 5) is 13.5. The second-order valence-corrected chi connectivity index (χ2v) is 6.46. The monoisotopic (exact) mass is 335 g/mol. The number of fused-ring (bicyclic) bond motifs is 1.